The number of hydrogen-bond acceptors (Lipinski definition) is 3. The van der Waals surface area contributed by atoms with Crippen molar-refractivity contribution in [3.63, 3.8) is 0 Å². The normalized spacial score (nSPS) is 15.7. The highest BCUT2D eigenvalue weighted by molar-refractivity contribution is 5.94. The average molecular weight is 360 g/mol. The SMILES string of the molecule is COc1ccc(C(=O)NC2CCN(Cc3c(F)cccc3F)CC2)cc1. The van der Waals surface area contributed by atoms with E-state index in [-0.39, 0.29) is 24.1 Å². The second kappa shape index (κ2) is 8.27. The molecule has 3 rings (SSSR count). The van der Waals surface area contributed by atoms with E-state index in [2.05, 4.69) is 5.32 Å². The Morgan fingerprint density at radius 3 is 2.31 bits per heavy atom. The molecule has 0 atom stereocenters. The maximum absolute atomic E-state index is 13.8. The summed E-state index contributed by atoms with van der Waals surface area (Å²) in [5.41, 5.74) is 0.690. The van der Waals surface area contributed by atoms with Crippen molar-refractivity contribution < 1.29 is 18.3 Å². The number of amides is 1. The van der Waals surface area contributed by atoms with E-state index in [1.54, 1.807) is 31.4 Å². The summed E-state index contributed by atoms with van der Waals surface area (Å²) >= 11 is 0. The number of halogens is 2. The van der Waals surface area contributed by atoms with Gasteiger partial charge in [-0.1, -0.05) is 6.07 Å². The zero-order valence-corrected chi connectivity index (χ0v) is 14.7. The summed E-state index contributed by atoms with van der Waals surface area (Å²) in [5.74, 6) is -0.443. The lowest BCUT2D eigenvalue weighted by molar-refractivity contribution is 0.0908. The predicted octanol–water partition coefficient (Wildman–Crippen LogP) is 3.37. The molecule has 0 saturated carbocycles. The van der Waals surface area contributed by atoms with Crippen molar-refractivity contribution in [2.24, 2.45) is 0 Å². The average Bonchev–Trinajstić information content (AvgIpc) is 2.66. The summed E-state index contributed by atoms with van der Waals surface area (Å²) < 4.78 is 32.6. The molecule has 6 heteroatoms. The molecule has 2 aromatic rings. The zero-order chi connectivity index (χ0) is 18.5. The highest BCUT2D eigenvalue weighted by atomic mass is 19.1. The van der Waals surface area contributed by atoms with Crippen molar-refractivity contribution in [3.05, 3.63) is 65.2 Å². The molecular weight excluding hydrogens is 338 g/mol. The molecule has 26 heavy (non-hydrogen) atoms. The van der Waals surface area contributed by atoms with E-state index in [9.17, 15) is 13.6 Å². The van der Waals surface area contributed by atoms with Gasteiger partial charge in [-0.25, -0.2) is 8.78 Å². The Kier molecular flexibility index (Phi) is 5.83. The summed E-state index contributed by atoms with van der Waals surface area (Å²) in [6.45, 7) is 1.61. The molecule has 0 radical (unpaired) electrons. The smallest absolute Gasteiger partial charge is 0.251 e. The number of piperidine rings is 1. The molecule has 1 fully saturated rings. The predicted molar refractivity (Wildman–Crippen MR) is 95.1 cm³/mol. The number of rotatable bonds is 5. The lowest BCUT2D eigenvalue weighted by Crippen LogP contribution is -2.44. The first-order valence-electron chi connectivity index (χ1n) is 8.67. The van der Waals surface area contributed by atoms with Crippen molar-refractivity contribution in [2.45, 2.75) is 25.4 Å². The van der Waals surface area contributed by atoms with Gasteiger partial charge in [0.25, 0.3) is 5.91 Å². The monoisotopic (exact) mass is 360 g/mol. The number of hydrogen-bond donors (Lipinski definition) is 1. The number of nitrogens with zero attached hydrogens (tertiary/aromatic N) is 1. The van der Waals surface area contributed by atoms with Crippen LogP contribution in [0.4, 0.5) is 8.78 Å². The fourth-order valence-electron chi connectivity index (χ4n) is 3.15. The standard InChI is InChI=1S/C20H22F2N2O2/c1-26-16-7-5-14(6-8-16)20(25)23-15-9-11-24(12-10-15)13-17-18(21)3-2-4-19(17)22/h2-8,15H,9-13H2,1H3,(H,23,25). The quantitative estimate of drug-likeness (QED) is 0.889. The maximum atomic E-state index is 13.8. The second-order valence-corrected chi connectivity index (χ2v) is 6.45. The van der Waals surface area contributed by atoms with Gasteiger partial charge in [0.1, 0.15) is 17.4 Å². The molecule has 2 aromatic carbocycles. The van der Waals surface area contributed by atoms with Crippen LogP contribution in [-0.2, 0) is 6.54 Å². The van der Waals surface area contributed by atoms with Gasteiger partial charge < -0.3 is 10.1 Å². The fourth-order valence-corrected chi connectivity index (χ4v) is 3.15. The molecule has 0 aliphatic carbocycles. The summed E-state index contributed by atoms with van der Waals surface area (Å²) in [6.07, 6.45) is 1.50. The van der Waals surface area contributed by atoms with Crippen molar-refractivity contribution in [1.82, 2.24) is 10.2 Å². The summed E-state index contributed by atoms with van der Waals surface area (Å²) in [6, 6.07) is 10.9. The molecular formula is C20H22F2N2O2. The Morgan fingerprint density at radius 2 is 1.73 bits per heavy atom. The summed E-state index contributed by atoms with van der Waals surface area (Å²) in [4.78, 5) is 14.3. The Hall–Kier alpha value is -2.47. The first-order chi connectivity index (χ1) is 12.6. The topological polar surface area (TPSA) is 41.6 Å². The zero-order valence-electron chi connectivity index (χ0n) is 14.7. The molecule has 0 unspecified atom stereocenters. The van der Waals surface area contributed by atoms with E-state index < -0.39 is 11.6 Å². The third-order valence-corrected chi connectivity index (χ3v) is 4.72. The lowest BCUT2D eigenvalue weighted by atomic mass is 10.0. The van der Waals surface area contributed by atoms with Crippen LogP contribution < -0.4 is 10.1 Å². The van der Waals surface area contributed by atoms with Gasteiger partial charge in [0, 0.05) is 36.8 Å². The van der Waals surface area contributed by atoms with E-state index in [1.165, 1.54) is 18.2 Å². The lowest BCUT2D eigenvalue weighted by Gasteiger charge is -2.32. The third-order valence-electron chi connectivity index (χ3n) is 4.72. The number of nitrogens with one attached hydrogen (secondary N) is 1. The Bertz CT molecular complexity index is 737. The van der Waals surface area contributed by atoms with Crippen LogP contribution in [0.2, 0.25) is 0 Å². The van der Waals surface area contributed by atoms with Crippen LogP contribution in [0.5, 0.6) is 5.75 Å². The summed E-state index contributed by atoms with van der Waals surface area (Å²) in [5, 5.41) is 3.03. The van der Waals surface area contributed by atoms with Crippen LogP contribution in [0.25, 0.3) is 0 Å². The molecule has 1 amide bonds. The van der Waals surface area contributed by atoms with Crippen LogP contribution in [0, 0.1) is 11.6 Å². The van der Waals surface area contributed by atoms with E-state index in [1.807, 2.05) is 4.90 Å². The maximum Gasteiger partial charge on any atom is 0.251 e. The van der Waals surface area contributed by atoms with Gasteiger partial charge in [0.2, 0.25) is 0 Å². The van der Waals surface area contributed by atoms with Gasteiger partial charge in [0.15, 0.2) is 0 Å². The molecule has 0 spiro atoms. The van der Waals surface area contributed by atoms with Crippen molar-refractivity contribution in [3.8, 4) is 5.75 Å². The highest BCUT2D eigenvalue weighted by Gasteiger charge is 2.22. The van der Waals surface area contributed by atoms with Gasteiger partial charge in [-0.3, -0.25) is 9.69 Å². The Labute approximate surface area is 151 Å². The third kappa shape index (κ3) is 4.38. The number of carbonyl (C=O) groups is 1. The molecule has 1 N–H and O–H groups in total. The van der Waals surface area contributed by atoms with E-state index >= 15 is 0 Å². The number of methoxy groups -OCH3 is 1. The van der Waals surface area contributed by atoms with E-state index in [4.69, 9.17) is 4.74 Å². The minimum Gasteiger partial charge on any atom is -0.497 e. The first-order valence-corrected chi connectivity index (χ1v) is 8.67. The molecule has 0 aromatic heterocycles. The van der Waals surface area contributed by atoms with Crippen molar-refractivity contribution in [2.75, 3.05) is 20.2 Å². The molecule has 0 bridgehead atoms. The minimum absolute atomic E-state index is 0.0614. The first kappa shape index (κ1) is 18.3. The van der Waals surface area contributed by atoms with Gasteiger partial charge in [-0.2, -0.15) is 0 Å². The van der Waals surface area contributed by atoms with Crippen molar-refractivity contribution in [1.29, 1.82) is 0 Å². The number of ether oxygens (including phenoxy) is 1. The van der Waals surface area contributed by atoms with E-state index in [0.29, 0.717) is 24.4 Å². The molecule has 1 saturated heterocycles. The molecule has 1 aliphatic rings. The Morgan fingerprint density at radius 1 is 1.12 bits per heavy atom. The van der Waals surface area contributed by atoms with Crippen molar-refractivity contribution >= 4 is 5.91 Å². The van der Waals surface area contributed by atoms with Gasteiger partial charge >= 0.3 is 0 Å². The number of likely N-dealkylation sites (tertiary alicyclic amines) is 1. The molecule has 1 heterocycles. The van der Waals surface area contributed by atoms with E-state index in [0.717, 1.165) is 12.8 Å². The molecule has 4 nitrogen and oxygen atoms in total. The fraction of sp³-hybridized carbons (Fsp3) is 0.350. The van der Waals surface area contributed by atoms with Crippen LogP contribution in [0.3, 0.4) is 0 Å². The van der Waals surface area contributed by atoms with Gasteiger partial charge in [0.05, 0.1) is 7.11 Å². The van der Waals surface area contributed by atoms with Gasteiger partial charge in [-0.05, 0) is 49.2 Å². The summed E-state index contributed by atoms with van der Waals surface area (Å²) in [7, 11) is 1.58. The minimum atomic E-state index is -0.514. The van der Waals surface area contributed by atoms with Crippen LogP contribution >= 0.6 is 0 Å². The van der Waals surface area contributed by atoms with Crippen LogP contribution in [0.1, 0.15) is 28.8 Å². The highest BCUT2D eigenvalue weighted by Crippen LogP contribution is 2.19. The Balaban J connectivity index is 1.51. The molecule has 1 aliphatic heterocycles. The van der Waals surface area contributed by atoms with Gasteiger partial charge in [-0.15, -0.1) is 0 Å². The van der Waals surface area contributed by atoms with Crippen LogP contribution in [0.15, 0.2) is 42.5 Å². The number of carbonyl (C=O) groups excluding carboxylic acids is 1. The molecule has 138 valence electrons. The van der Waals surface area contributed by atoms with Crippen LogP contribution in [-0.4, -0.2) is 37.0 Å². The second-order valence-electron chi connectivity index (χ2n) is 6.45. The number of benzene rings is 2. The largest absolute Gasteiger partial charge is 0.497 e.